The van der Waals surface area contributed by atoms with Crippen molar-refractivity contribution >= 4 is 53.3 Å². The van der Waals surface area contributed by atoms with Gasteiger partial charge in [-0.05, 0) is 74.2 Å². The number of carboxylic acid groups (broad SMARTS) is 2. The Kier molecular flexibility index (Phi) is 20.6. The zero-order chi connectivity index (χ0) is 47.5. The van der Waals surface area contributed by atoms with Gasteiger partial charge in [0, 0.05) is 13.0 Å². The highest BCUT2D eigenvalue weighted by atomic mass is 16.4. The minimum Gasteiger partial charge on any atom is -0.508 e. The summed E-state index contributed by atoms with van der Waals surface area (Å²) in [6, 6.07) is 5.46. The van der Waals surface area contributed by atoms with E-state index in [4.69, 9.17) is 17.2 Å². The Hall–Kier alpha value is -6.61. The van der Waals surface area contributed by atoms with E-state index in [0.717, 1.165) is 5.56 Å². The lowest BCUT2D eigenvalue weighted by Gasteiger charge is -2.31. The number of carboxylic acids is 2. The molecule has 1 heterocycles. The van der Waals surface area contributed by atoms with Crippen LogP contribution in [0.4, 0.5) is 0 Å². The van der Waals surface area contributed by atoms with Gasteiger partial charge in [-0.15, -0.1) is 0 Å². The molecule has 2 aromatic carbocycles. The summed E-state index contributed by atoms with van der Waals surface area (Å²) >= 11 is 0. The average Bonchev–Trinajstić information content (AvgIpc) is 3.75. The number of phenolic OH excluding ortho intramolecular Hbond substituents is 1. The second-order valence-corrected chi connectivity index (χ2v) is 15.9. The number of aliphatic carboxylic acids is 2. The number of phenols is 1. The SMILES string of the molecule is CC[C@H](C)[C@H](NC(=O)[C@H](CC(=O)O)NC(=O)[C@H](CCCCN)NC(=O)[C@@H]1CCCN1C(=O)[C@H](Cc1ccc(O)cc1)NC(=O)[C@@H](N)Cc1ccccc1)C(=O)N[C@@H](CC(N)=O)C(=O)O. The molecule has 21 heteroatoms. The second kappa shape index (κ2) is 25.5. The highest BCUT2D eigenvalue weighted by molar-refractivity contribution is 5.98. The van der Waals surface area contributed by atoms with Crippen LogP contribution in [0.3, 0.4) is 0 Å². The van der Waals surface area contributed by atoms with Gasteiger partial charge in [-0.2, -0.15) is 0 Å². The maximum Gasteiger partial charge on any atom is 0.326 e. The topological polar surface area (TPSA) is 356 Å². The quantitative estimate of drug-likeness (QED) is 0.0481. The smallest absolute Gasteiger partial charge is 0.326 e. The van der Waals surface area contributed by atoms with Gasteiger partial charge in [0.05, 0.1) is 18.9 Å². The molecular weight excluding hydrogens is 835 g/mol. The van der Waals surface area contributed by atoms with Crippen molar-refractivity contribution in [1.82, 2.24) is 31.5 Å². The standard InChI is InChI=1S/C43H61N9O12/c1-3-24(2)36(41(61)50-32(43(63)64)22-34(46)54)51-39(59)30(23-35(55)56)48-38(58)29(12-7-8-18-44)47-40(60)33-13-9-19-52(33)42(62)31(21-26-14-16-27(53)17-15-26)49-37(57)28(45)20-25-10-5-4-6-11-25/h4-6,10-11,14-17,24,28-33,36,53H,3,7-9,12-13,18-23,44-45H2,1-2H3,(H2,46,54)(H,47,60)(H,48,58)(H,49,57)(H,50,61)(H,51,59)(H,55,56)(H,63,64)/t24-,28-,29-,30-,31-,32-,33-,36-/m0/s1. The van der Waals surface area contributed by atoms with E-state index in [1.54, 1.807) is 38.1 Å². The summed E-state index contributed by atoms with van der Waals surface area (Å²) in [6.07, 6.45) is 0.0598. The number of carbonyl (C=O) groups excluding carboxylic acids is 7. The fourth-order valence-corrected chi connectivity index (χ4v) is 7.11. The second-order valence-electron chi connectivity index (χ2n) is 15.9. The van der Waals surface area contributed by atoms with Crippen molar-refractivity contribution in [3.8, 4) is 5.75 Å². The van der Waals surface area contributed by atoms with E-state index in [-0.39, 0.29) is 50.9 Å². The van der Waals surface area contributed by atoms with Gasteiger partial charge >= 0.3 is 11.9 Å². The van der Waals surface area contributed by atoms with E-state index in [0.29, 0.717) is 24.8 Å². The number of rotatable bonds is 26. The van der Waals surface area contributed by atoms with Crippen molar-refractivity contribution in [3.05, 3.63) is 65.7 Å². The van der Waals surface area contributed by atoms with Crippen LogP contribution in [0, 0.1) is 5.92 Å². The molecule has 21 nitrogen and oxygen atoms in total. The summed E-state index contributed by atoms with van der Waals surface area (Å²) in [4.78, 5) is 119. The van der Waals surface area contributed by atoms with Gasteiger partial charge in [-0.25, -0.2) is 4.79 Å². The first-order valence-electron chi connectivity index (χ1n) is 21.2. The summed E-state index contributed by atoms with van der Waals surface area (Å²) in [6.45, 7) is 3.60. The van der Waals surface area contributed by atoms with Crippen molar-refractivity contribution in [2.75, 3.05) is 13.1 Å². The Morgan fingerprint density at radius 1 is 0.734 bits per heavy atom. The highest BCUT2D eigenvalue weighted by Gasteiger charge is 2.40. The van der Waals surface area contributed by atoms with Crippen LogP contribution in [-0.2, 0) is 56.0 Å². The average molecular weight is 896 g/mol. The third kappa shape index (κ3) is 16.3. The van der Waals surface area contributed by atoms with Crippen molar-refractivity contribution in [2.45, 2.75) is 120 Å². The number of unbranched alkanes of at least 4 members (excludes halogenated alkanes) is 1. The van der Waals surface area contributed by atoms with Crippen LogP contribution in [-0.4, -0.2) is 129 Å². The van der Waals surface area contributed by atoms with Gasteiger partial charge < -0.3 is 64.0 Å². The summed E-state index contributed by atoms with van der Waals surface area (Å²) in [5, 5.41) is 41.4. The summed E-state index contributed by atoms with van der Waals surface area (Å²) in [7, 11) is 0. The maximum atomic E-state index is 14.3. The highest BCUT2D eigenvalue weighted by Crippen LogP contribution is 2.21. The number of nitrogens with one attached hydrogen (secondary N) is 5. The first kappa shape index (κ1) is 51.7. The number of nitrogens with zero attached hydrogens (tertiary/aromatic N) is 1. The zero-order valence-electron chi connectivity index (χ0n) is 36.0. The number of nitrogens with two attached hydrogens (primary N) is 3. The summed E-state index contributed by atoms with van der Waals surface area (Å²) in [5.74, 6) is -9.74. The Labute approximate surface area is 370 Å². The van der Waals surface area contributed by atoms with Crippen LogP contribution in [0.5, 0.6) is 5.75 Å². The van der Waals surface area contributed by atoms with Crippen molar-refractivity contribution in [2.24, 2.45) is 23.1 Å². The van der Waals surface area contributed by atoms with Crippen LogP contribution < -0.4 is 43.8 Å². The number of likely N-dealkylation sites (tertiary alicyclic amines) is 1. The minimum atomic E-state index is -1.79. The molecule has 3 rings (SSSR count). The van der Waals surface area contributed by atoms with Gasteiger partial charge in [-0.3, -0.25) is 38.4 Å². The van der Waals surface area contributed by atoms with E-state index in [9.17, 15) is 58.5 Å². The lowest BCUT2D eigenvalue weighted by molar-refractivity contribution is -0.144. The van der Waals surface area contributed by atoms with Gasteiger partial charge in [0.25, 0.3) is 0 Å². The monoisotopic (exact) mass is 895 g/mol. The molecule has 7 amide bonds. The van der Waals surface area contributed by atoms with E-state index >= 15 is 0 Å². The van der Waals surface area contributed by atoms with Gasteiger partial charge in [-0.1, -0.05) is 62.7 Å². The zero-order valence-corrected chi connectivity index (χ0v) is 36.0. The Bertz CT molecular complexity index is 1950. The predicted molar refractivity (Wildman–Crippen MR) is 230 cm³/mol. The largest absolute Gasteiger partial charge is 0.508 e. The molecule has 0 spiro atoms. The molecule has 1 saturated heterocycles. The maximum absolute atomic E-state index is 14.3. The fraction of sp³-hybridized carbons (Fsp3) is 0.512. The normalized spacial score (nSPS) is 16.7. The van der Waals surface area contributed by atoms with Gasteiger partial charge in [0.15, 0.2) is 0 Å². The number of aromatic hydroxyl groups is 1. The van der Waals surface area contributed by atoms with Crippen LogP contribution in [0.2, 0.25) is 0 Å². The Morgan fingerprint density at radius 3 is 1.94 bits per heavy atom. The number of benzene rings is 2. The number of carbonyl (C=O) groups is 9. The first-order valence-corrected chi connectivity index (χ1v) is 21.2. The lowest BCUT2D eigenvalue weighted by Crippen LogP contribution is -2.60. The van der Waals surface area contributed by atoms with E-state index in [1.165, 1.54) is 17.0 Å². The third-order valence-corrected chi connectivity index (χ3v) is 10.9. The molecule has 350 valence electrons. The molecule has 0 bridgehead atoms. The predicted octanol–water partition coefficient (Wildman–Crippen LogP) is -1.47. The molecule has 0 radical (unpaired) electrons. The first-order chi connectivity index (χ1) is 30.3. The molecule has 1 aliphatic rings. The van der Waals surface area contributed by atoms with E-state index in [2.05, 4.69) is 26.6 Å². The van der Waals surface area contributed by atoms with Crippen LogP contribution in [0.15, 0.2) is 54.6 Å². The number of amides is 7. The molecule has 1 aliphatic heterocycles. The van der Waals surface area contributed by atoms with Gasteiger partial charge in [0.1, 0.15) is 42.0 Å². The van der Waals surface area contributed by atoms with Crippen LogP contribution in [0.25, 0.3) is 0 Å². The molecule has 0 aromatic heterocycles. The van der Waals surface area contributed by atoms with Crippen molar-refractivity contribution < 1.29 is 58.5 Å². The molecule has 14 N–H and O–H groups in total. The number of hydrogen-bond acceptors (Lipinski definition) is 12. The molecule has 0 saturated carbocycles. The Morgan fingerprint density at radius 2 is 1.34 bits per heavy atom. The van der Waals surface area contributed by atoms with Crippen molar-refractivity contribution in [3.63, 3.8) is 0 Å². The number of hydrogen-bond donors (Lipinski definition) is 11. The van der Waals surface area contributed by atoms with E-state index in [1.807, 2.05) is 18.2 Å². The molecular formula is C43H61N9O12. The van der Waals surface area contributed by atoms with Crippen LogP contribution in [0.1, 0.15) is 76.3 Å². The third-order valence-electron chi connectivity index (χ3n) is 10.9. The summed E-state index contributed by atoms with van der Waals surface area (Å²) in [5.41, 5.74) is 18.5. The van der Waals surface area contributed by atoms with Gasteiger partial charge in [0.2, 0.25) is 41.4 Å². The Balaban J connectivity index is 1.84. The molecule has 8 atom stereocenters. The number of primary amides is 1. The molecule has 0 unspecified atom stereocenters. The summed E-state index contributed by atoms with van der Waals surface area (Å²) < 4.78 is 0. The minimum absolute atomic E-state index is 0.00989. The fourth-order valence-electron chi connectivity index (χ4n) is 7.11. The van der Waals surface area contributed by atoms with E-state index < -0.39 is 114 Å². The molecule has 1 fully saturated rings. The molecule has 0 aliphatic carbocycles. The van der Waals surface area contributed by atoms with Crippen molar-refractivity contribution in [1.29, 1.82) is 0 Å². The lowest BCUT2D eigenvalue weighted by atomic mass is 9.97. The molecule has 2 aromatic rings. The molecule has 64 heavy (non-hydrogen) atoms. The van der Waals surface area contributed by atoms with Crippen LogP contribution >= 0.6 is 0 Å².